The zero-order valence-electron chi connectivity index (χ0n) is 11.5. The molecule has 2 rings (SSSR count). The predicted molar refractivity (Wildman–Crippen MR) is 81.7 cm³/mol. The van der Waals surface area contributed by atoms with Crippen LogP contribution >= 0.6 is 12.2 Å². The number of nitrogens with two attached hydrogens (primary N) is 1. The van der Waals surface area contributed by atoms with Crippen molar-refractivity contribution in [1.82, 2.24) is 4.98 Å². The molecule has 0 saturated carbocycles. The molecule has 6 heteroatoms. The highest BCUT2D eigenvalue weighted by atomic mass is 32.1. The fourth-order valence-electron chi connectivity index (χ4n) is 2.39. The number of piperidine rings is 1. The van der Waals surface area contributed by atoms with Gasteiger partial charge in [-0.05, 0) is 38.3 Å². The molecule has 1 saturated heterocycles. The van der Waals surface area contributed by atoms with Crippen molar-refractivity contribution in [3.8, 4) is 0 Å². The maximum atomic E-state index is 12.0. The number of hydrogen-bond donors (Lipinski definition) is 1. The SMILES string of the molecule is CCOC(=O)C1CCCCN1c1ccc(C(N)=S)cn1. The minimum Gasteiger partial charge on any atom is -0.464 e. The molecule has 20 heavy (non-hydrogen) atoms. The van der Waals surface area contributed by atoms with Gasteiger partial charge in [0, 0.05) is 18.3 Å². The van der Waals surface area contributed by atoms with Gasteiger partial charge >= 0.3 is 5.97 Å². The van der Waals surface area contributed by atoms with Crippen molar-refractivity contribution in [1.29, 1.82) is 0 Å². The number of esters is 1. The van der Waals surface area contributed by atoms with Gasteiger partial charge in [0.2, 0.25) is 0 Å². The molecule has 1 unspecified atom stereocenters. The molecule has 0 aromatic carbocycles. The molecule has 0 aliphatic carbocycles. The van der Waals surface area contributed by atoms with Crippen molar-refractivity contribution in [2.45, 2.75) is 32.2 Å². The van der Waals surface area contributed by atoms with Gasteiger partial charge in [0.25, 0.3) is 0 Å². The molecular weight excluding hydrogens is 274 g/mol. The summed E-state index contributed by atoms with van der Waals surface area (Å²) in [6.07, 6.45) is 4.53. The summed E-state index contributed by atoms with van der Waals surface area (Å²) in [6.45, 7) is 3.03. The molecule has 1 aromatic heterocycles. The van der Waals surface area contributed by atoms with Crippen LogP contribution in [0.1, 0.15) is 31.7 Å². The third kappa shape index (κ3) is 3.25. The maximum absolute atomic E-state index is 12.0. The van der Waals surface area contributed by atoms with E-state index in [1.165, 1.54) is 0 Å². The van der Waals surface area contributed by atoms with Crippen LogP contribution in [0.2, 0.25) is 0 Å². The van der Waals surface area contributed by atoms with Crippen molar-refractivity contribution in [3.05, 3.63) is 23.9 Å². The summed E-state index contributed by atoms with van der Waals surface area (Å²) in [6, 6.07) is 3.44. The molecule has 1 fully saturated rings. The zero-order chi connectivity index (χ0) is 14.5. The number of aromatic nitrogens is 1. The Hall–Kier alpha value is -1.69. The molecule has 5 nitrogen and oxygen atoms in total. The molecule has 108 valence electrons. The quantitative estimate of drug-likeness (QED) is 0.672. The van der Waals surface area contributed by atoms with Crippen LogP contribution in [0.5, 0.6) is 0 Å². The molecule has 0 spiro atoms. The topological polar surface area (TPSA) is 68.5 Å². The molecule has 1 aromatic rings. The van der Waals surface area contributed by atoms with Gasteiger partial charge < -0.3 is 15.4 Å². The number of hydrogen-bond acceptors (Lipinski definition) is 5. The summed E-state index contributed by atoms with van der Waals surface area (Å²) < 4.78 is 5.15. The van der Waals surface area contributed by atoms with E-state index in [4.69, 9.17) is 22.7 Å². The number of anilines is 1. The first-order valence-electron chi connectivity index (χ1n) is 6.82. The van der Waals surface area contributed by atoms with Crippen LogP contribution in [0.4, 0.5) is 5.82 Å². The fraction of sp³-hybridized carbons (Fsp3) is 0.500. The van der Waals surface area contributed by atoms with E-state index in [0.29, 0.717) is 11.6 Å². The standard InChI is InChI=1S/C14H19N3O2S/c1-2-19-14(18)11-5-3-4-8-17(11)12-7-6-10(9-16-12)13(15)20/h6-7,9,11H,2-5,8H2,1H3,(H2,15,20). The van der Waals surface area contributed by atoms with Gasteiger partial charge in [0.05, 0.1) is 6.61 Å². The number of carbonyl (C=O) groups is 1. The first kappa shape index (κ1) is 14.7. The van der Waals surface area contributed by atoms with Gasteiger partial charge in [0.15, 0.2) is 0 Å². The average molecular weight is 293 g/mol. The second-order valence-electron chi connectivity index (χ2n) is 4.73. The Morgan fingerprint density at radius 1 is 1.55 bits per heavy atom. The van der Waals surface area contributed by atoms with Crippen molar-refractivity contribution < 1.29 is 9.53 Å². The normalized spacial score (nSPS) is 18.6. The van der Waals surface area contributed by atoms with Gasteiger partial charge in [-0.15, -0.1) is 0 Å². The van der Waals surface area contributed by atoms with E-state index >= 15 is 0 Å². The molecule has 1 aliphatic rings. The van der Waals surface area contributed by atoms with E-state index in [0.717, 1.165) is 37.2 Å². The highest BCUT2D eigenvalue weighted by Gasteiger charge is 2.30. The van der Waals surface area contributed by atoms with E-state index in [-0.39, 0.29) is 12.0 Å². The second-order valence-corrected chi connectivity index (χ2v) is 5.17. The highest BCUT2D eigenvalue weighted by Crippen LogP contribution is 2.24. The van der Waals surface area contributed by atoms with Crippen LogP contribution in [0, 0.1) is 0 Å². The summed E-state index contributed by atoms with van der Waals surface area (Å²) >= 11 is 4.91. The molecule has 0 radical (unpaired) electrons. The Morgan fingerprint density at radius 3 is 2.95 bits per heavy atom. The summed E-state index contributed by atoms with van der Waals surface area (Å²) in [4.78, 5) is 18.7. The molecular formula is C14H19N3O2S. The summed E-state index contributed by atoms with van der Waals surface area (Å²) in [5.74, 6) is 0.593. The Labute approximate surface area is 124 Å². The largest absolute Gasteiger partial charge is 0.464 e. The van der Waals surface area contributed by atoms with Gasteiger partial charge in [0.1, 0.15) is 16.8 Å². The second kappa shape index (κ2) is 6.65. The summed E-state index contributed by atoms with van der Waals surface area (Å²) in [7, 11) is 0. The molecule has 0 bridgehead atoms. The molecule has 0 amide bonds. The Morgan fingerprint density at radius 2 is 2.35 bits per heavy atom. The lowest BCUT2D eigenvalue weighted by atomic mass is 10.0. The van der Waals surface area contributed by atoms with E-state index < -0.39 is 0 Å². The van der Waals surface area contributed by atoms with E-state index in [1.807, 2.05) is 24.0 Å². The monoisotopic (exact) mass is 293 g/mol. The molecule has 2 N–H and O–H groups in total. The van der Waals surface area contributed by atoms with Gasteiger partial charge in [-0.2, -0.15) is 0 Å². The van der Waals surface area contributed by atoms with Gasteiger partial charge in [-0.3, -0.25) is 0 Å². The minimum absolute atomic E-state index is 0.174. The number of thiocarbonyl (C=S) groups is 1. The maximum Gasteiger partial charge on any atom is 0.328 e. The van der Waals surface area contributed by atoms with Crippen LogP contribution in [-0.2, 0) is 9.53 Å². The van der Waals surface area contributed by atoms with Crippen LogP contribution in [-0.4, -0.2) is 35.1 Å². The van der Waals surface area contributed by atoms with Crippen LogP contribution in [0.3, 0.4) is 0 Å². The third-order valence-electron chi connectivity index (χ3n) is 3.39. The number of nitrogens with zero attached hydrogens (tertiary/aromatic N) is 2. The van der Waals surface area contributed by atoms with Crippen molar-refractivity contribution in [2.75, 3.05) is 18.1 Å². The van der Waals surface area contributed by atoms with Gasteiger partial charge in [-0.25, -0.2) is 9.78 Å². The minimum atomic E-state index is -0.244. The van der Waals surface area contributed by atoms with E-state index in [2.05, 4.69) is 4.98 Å². The van der Waals surface area contributed by atoms with Crippen molar-refractivity contribution in [3.63, 3.8) is 0 Å². The van der Waals surface area contributed by atoms with Gasteiger partial charge in [-0.1, -0.05) is 12.2 Å². The number of pyridine rings is 1. The van der Waals surface area contributed by atoms with Crippen molar-refractivity contribution >= 4 is 29.0 Å². The lowest BCUT2D eigenvalue weighted by Crippen LogP contribution is -2.46. The number of carbonyl (C=O) groups excluding carboxylic acids is 1. The van der Waals surface area contributed by atoms with Crippen LogP contribution < -0.4 is 10.6 Å². The predicted octanol–water partition coefficient (Wildman–Crippen LogP) is 1.64. The molecule has 2 heterocycles. The lowest BCUT2D eigenvalue weighted by Gasteiger charge is -2.34. The van der Waals surface area contributed by atoms with E-state index in [1.54, 1.807) is 6.20 Å². The zero-order valence-corrected chi connectivity index (χ0v) is 12.4. The molecule has 1 atom stereocenters. The summed E-state index contributed by atoms with van der Waals surface area (Å²) in [5, 5.41) is 0. The third-order valence-corrected chi connectivity index (χ3v) is 3.62. The fourth-order valence-corrected chi connectivity index (χ4v) is 2.51. The Balaban J connectivity index is 2.18. The first-order chi connectivity index (χ1) is 9.63. The summed E-state index contributed by atoms with van der Waals surface area (Å²) in [5.41, 5.74) is 6.29. The van der Waals surface area contributed by atoms with Crippen molar-refractivity contribution in [2.24, 2.45) is 5.73 Å². The highest BCUT2D eigenvalue weighted by molar-refractivity contribution is 7.80. The Bertz CT molecular complexity index is 490. The molecule has 1 aliphatic heterocycles. The number of ether oxygens (including phenoxy) is 1. The number of rotatable bonds is 4. The van der Waals surface area contributed by atoms with E-state index in [9.17, 15) is 4.79 Å². The smallest absolute Gasteiger partial charge is 0.328 e. The first-order valence-corrected chi connectivity index (χ1v) is 7.23. The Kier molecular flexibility index (Phi) is 4.89. The lowest BCUT2D eigenvalue weighted by molar-refractivity contribution is -0.145. The van der Waals surface area contributed by atoms with Crippen LogP contribution in [0.15, 0.2) is 18.3 Å². The van der Waals surface area contributed by atoms with Crippen LogP contribution in [0.25, 0.3) is 0 Å². The average Bonchev–Trinajstić information content (AvgIpc) is 2.47.